The summed E-state index contributed by atoms with van der Waals surface area (Å²) in [6.07, 6.45) is 7.64. The third-order valence-corrected chi connectivity index (χ3v) is 3.80. The highest BCUT2D eigenvalue weighted by molar-refractivity contribution is 5.86. The second-order valence-electron chi connectivity index (χ2n) is 6.00. The van der Waals surface area contributed by atoms with Crippen molar-refractivity contribution in [2.24, 2.45) is 5.41 Å². The Balaban J connectivity index is 0.000000184. The van der Waals surface area contributed by atoms with Crippen LogP contribution in [0.4, 0.5) is 0 Å². The van der Waals surface area contributed by atoms with Crippen LogP contribution >= 0.6 is 0 Å². The molecule has 2 saturated heterocycles. The monoisotopic (exact) mass is 252 g/mol. The second kappa shape index (κ2) is 7.57. The highest BCUT2D eigenvalue weighted by Gasteiger charge is 2.19. The molecule has 0 aromatic carbocycles. The minimum atomic E-state index is 0.0831. The number of hydrogen-bond acceptors (Lipinski definition) is 2. The van der Waals surface area contributed by atoms with Crippen LogP contribution < -0.4 is 5.32 Å². The molecule has 0 saturated carbocycles. The van der Waals surface area contributed by atoms with E-state index >= 15 is 0 Å². The molecule has 104 valence electrons. The minimum absolute atomic E-state index is 0.0831. The van der Waals surface area contributed by atoms with Gasteiger partial charge in [0.25, 0.3) is 0 Å². The van der Waals surface area contributed by atoms with Crippen molar-refractivity contribution in [1.82, 2.24) is 10.2 Å². The molecule has 2 aliphatic heterocycles. The van der Waals surface area contributed by atoms with Crippen LogP contribution in [0.3, 0.4) is 0 Å². The Hall–Kier alpha value is -0.830. The smallest absolute Gasteiger partial charge is 0.245 e. The SMILES string of the molecule is C=CC(=O)N1CCCCC1.CC1(C)CCNCC1. The standard InChI is InChI=1S/C8H13NO.C7H15N/c1-2-8(10)9-6-4-3-5-7-9;1-7(2)3-5-8-6-4-7/h2H,1,3-7H2;8H,3-6H2,1-2H3. The summed E-state index contributed by atoms with van der Waals surface area (Å²) < 4.78 is 0. The van der Waals surface area contributed by atoms with Crippen LogP contribution in [0.5, 0.6) is 0 Å². The molecular weight excluding hydrogens is 224 g/mol. The van der Waals surface area contributed by atoms with Crippen LogP contribution in [0.25, 0.3) is 0 Å². The van der Waals surface area contributed by atoms with Crippen LogP contribution in [-0.2, 0) is 4.79 Å². The summed E-state index contributed by atoms with van der Waals surface area (Å²) in [4.78, 5) is 12.8. The molecule has 0 atom stereocenters. The van der Waals surface area contributed by atoms with E-state index in [1.165, 1.54) is 38.4 Å². The number of carbonyl (C=O) groups excluding carboxylic acids is 1. The Bertz CT molecular complexity index is 260. The first-order chi connectivity index (χ1) is 8.55. The molecule has 2 rings (SSSR count). The zero-order chi connectivity index (χ0) is 13.4. The number of likely N-dealkylation sites (tertiary alicyclic amines) is 1. The van der Waals surface area contributed by atoms with Gasteiger partial charge < -0.3 is 10.2 Å². The third-order valence-electron chi connectivity index (χ3n) is 3.80. The predicted molar refractivity (Wildman–Crippen MR) is 76.5 cm³/mol. The molecule has 18 heavy (non-hydrogen) atoms. The molecule has 1 amide bonds. The Labute approximate surface area is 112 Å². The lowest BCUT2D eigenvalue weighted by atomic mass is 9.83. The summed E-state index contributed by atoms with van der Waals surface area (Å²) in [5.74, 6) is 0.0831. The van der Waals surface area contributed by atoms with E-state index < -0.39 is 0 Å². The van der Waals surface area contributed by atoms with E-state index in [1.54, 1.807) is 0 Å². The number of piperidine rings is 2. The van der Waals surface area contributed by atoms with Gasteiger partial charge in [0, 0.05) is 13.1 Å². The van der Waals surface area contributed by atoms with Crippen LogP contribution in [0.2, 0.25) is 0 Å². The van der Waals surface area contributed by atoms with Gasteiger partial charge in [0.1, 0.15) is 0 Å². The fourth-order valence-electron chi connectivity index (χ4n) is 2.35. The number of hydrogen-bond donors (Lipinski definition) is 1. The molecule has 0 bridgehead atoms. The molecule has 0 aliphatic carbocycles. The summed E-state index contributed by atoms with van der Waals surface area (Å²) in [5, 5.41) is 3.34. The van der Waals surface area contributed by atoms with Gasteiger partial charge >= 0.3 is 0 Å². The van der Waals surface area contributed by atoms with Crippen molar-refractivity contribution in [2.45, 2.75) is 46.0 Å². The predicted octanol–water partition coefficient (Wildman–Crippen LogP) is 2.58. The van der Waals surface area contributed by atoms with E-state index in [0.29, 0.717) is 5.41 Å². The lowest BCUT2D eigenvalue weighted by Gasteiger charge is -2.29. The van der Waals surface area contributed by atoms with Crippen molar-refractivity contribution in [3.05, 3.63) is 12.7 Å². The van der Waals surface area contributed by atoms with Crippen molar-refractivity contribution in [2.75, 3.05) is 26.2 Å². The first-order valence-electron chi connectivity index (χ1n) is 7.17. The van der Waals surface area contributed by atoms with E-state index in [0.717, 1.165) is 25.9 Å². The number of rotatable bonds is 1. The summed E-state index contributed by atoms with van der Waals surface area (Å²) >= 11 is 0. The fraction of sp³-hybridized carbons (Fsp3) is 0.800. The summed E-state index contributed by atoms with van der Waals surface area (Å²) in [7, 11) is 0. The quantitative estimate of drug-likeness (QED) is 0.728. The lowest BCUT2D eigenvalue weighted by Crippen LogP contribution is -2.34. The van der Waals surface area contributed by atoms with Crippen molar-refractivity contribution in [1.29, 1.82) is 0 Å². The molecule has 1 N–H and O–H groups in total. The van der Waals surface area contributed by atoms with Crippen molar-refractivity contribution in [3.63, 3.8) is 0 Å². The van der Waals surface area contributed by atoms with Crippen molar-refractivity contribution >= 4 is 5.91 Å². The molecule has 3 nitrogen and oxygen atoms in total. The largest absolute Gasteiger partial charge is 0.339 e. The Morgan fingerprint density at radius 2 is 1.72 bits per heavy atom. The molecule has 0 spiro atoms. The van der Waals surface area contributed by atoms with Crippen LogP contribution in [0.1, 0.15) is 46.0 Å². The molecule has 0 aromatic heterocycles. The Morgan fingerprint density at radius 1 is 1.17 bits per heavy atom. The molecule has 0 unspecified atom stereocenters. The zero-order valence-electron chi connectivity index (χ0n) is 12.0. The maximum atomic E-state index is 11.0. The highest BCUT2D eigenvalue weighted by Crippen LogP contribution is 2.25. The van der Waals surface area contributed by atoms with Gasteiger partial charge in [-0.3, -0.25) is 4.79 Å². The summed E-state index contributed by atoms with van der Waals surface area (Å²) in [6, 6.07) is 0. The molecule has 3 heteroatoms. The molecule has 2 fully saturated rings. The highest BCUT2D eigenvalue weighted by atomic mass is 16.2. The van der Waals surface area contributed by atoms with E-state index in [9.17, 15) is 4.79 Å². The van der Waals surface area contributed by atoms with Crippen molar-refractivity contribution < 1.29 is 4.79 Å². The summed E-state index contributed by atoms with van der Waals surface area (Å²) in [6.45, 7) is 12.4. The number of nitrogens with zero attached hydrogens (tertiary/aromatic N) is 1. The molecule has 2 heterocycles. The van der Waals surface area contributed by atoms with Gasteiger partial charge in [0.15, 0.2) is 0 Å². The Kier molecular flexibility index (Phi) is 6.41. The maximum absolute atomic E-state index is 11.0. The molecule has 0 radical (unpaired) electrons. The lowest BCUT2D eigenvalue weighted by molar-refractivity contribution is -0.126. The van der Waals surface area contributed by atoms with Gasteiger partial charge in [-0.15, -0.1) is 0 Å². The van der Waals surface area contributed by atoms with E-state index in [2.05, 4.69) is 25.7 Å². The minimum Gasteiger partial charge on any atom is -0.339 e. The van der Waals surface area contributed by atoms with E-state index in [-0.39, 0.29) is 5.91 Å². The second-order valence-corrected chi connectivity index (χ2v) is 6.00. The summed E-state index contributed by atoms with van der Waals surface area (Å²) in [5.41, 5.74) is 0.616. The fourth-order valence-corrected chi connectivity index (χ4v) is 2.35. The maximum Gasteiger partial charge on any atom is 0.245 e. The van der Waals surface area contributed by atoms with Crippen LogP contribution in [-0.4, -0.2) is 37.0 Å². The van der Waals surface area contributed by atoms with Gasteiger partial charge in [-0.25, -0.2) is 0 Å². The molecular formula is C15H28N2O. The van der Waals surface area contributed by atoms with Gasteiger partial charge in [0.2, 0.25) is 5.91 Å². The zero-order valence-corrected chi connectivity index (χ0v) is 12.0. The molecule has 0 aromatic rings. The van der Waals surface area contributed by atoms with Gasteiger partial charge in [-0.1, -0.05) is 20.4 Å². The van der Waals surface area contributed by atoms with E-state index in [1.807, 2.05) is 4.90 Å². The molecule has 2 aliphatic rings. The van der Waals surface area contributed by atoms with Crippen molar-refractivity contribution in [3.8, 4) is 0 Å². The van der Waals surface area contributed by atoms with Crippen LogP contribution in [0.15, 0.2) is 12.7 Å². The topological polar surface area (TPSA) is 32.3 Å². The number of carbonyl (C=O) groups is 1. The number of amides is 1. The average Bonchev–Trinajstić information content (AvgIpc) is 2.39. The average molecular weight is 252 g/mol. The van der Waals surface area contributed by atoms with Gasteiger partial charge in [0.05, 0.1) is 0 Å². The Morgan fingerprint density at radius 3 is 2.11 bits per heavy atom. The van der Waals surface area contributed by atoms with Gasteiger partial charge in [-0.2, -0.15) is 0 Å². The third kappa shape index (κ3) is 5.67. The van der Waals surface area contributed by atoms with Crippen LogP contribution in [0, 0.1) is 5.41 Å². The van der Waals surface area contributed by atoms with E-state index in [4.69, 9.17) is 0 Å². The first kappa shape index (κ1) is 15.2. The number of nitrogens with one attached hydrogen (secondary N) is 1. The van der Waals surface area contributed by atoms with Gasteiger partial charge in [-0.05, 0) is 56.7 Å². The normalized spacial score (nSPS) is 22.7. The first-order valence-corrected chi connectivity index (χ1v) is 7.17.